The number of ketones is 1. The smallest absolute Gasteiger partial charge is 0.211 e. The Morgan fingerprint density at radius 2 is 1.92 bits per heavy atom. The first-order chi connectivity index (χ1) is 12.1. The van der Waals surface area contributed by atoms with Crippen molar-refractivity contribution in [3.05, 3.63) is 12.2 Å². The highest BCUT2D eigenvalue weighted by Crippen LogP contribution is 2.81. The standard InChI is InChI=1S/C20H26O6/c1-8-9-4-5-10-18-11(21)6-7-17(2,3)12(18)14(23)20(24)19(10,13(8)22)15(9)25-16(18)26-20/h9-12,14-16,21,23-24H,1,4-7H2,2-3H3/t9-,10+,11-,12+,14-,15+,16?,18-,19-,20-/m0/s1. The Kier molecular flexibility index (Phi) is 2.57. The van der Waals surface area contributed by atoms with E-state index in [2.05, 4.69) is 20.4 Å². The summed E-state index contributed by atoms with van der Waals surface area (Å²) >= 11 is 0. The van der Waals surface area contributed by atoms with Gasteiger partial charge in [0.15, 0.2) is 12.1 Å². The Balaban J connectivity index is 1.70. The van der Waals surface area contributed by atoms with Gasteiger partial charge in [0, 0.05) is 11.8 Å². The third-order valence-electron chi connectivity index (χ3n) is 9.14. The molecule has 8 fully saturated rings. The average Bonchev–Trinajstić information content (AvgIpc) is 2.71. The van der Waals surface area contributed by atoms with Gasteiger partial charge >= 0.3 is 0 Å². The number of rotatable bonds is 0. The molecule has 4 aliphatic carbocycles. The summed E-state index contributed by atoms with van der Waals surface area (Å²) < 4.78 is 12.3. The van der Waals surface area contributed by atoms with Gasteiger partial charge in [0.05, 0.1) is 17.6 Å². The minimum atomic E-state index is -1.97. The summed E-state index contributed by atoms with van der Waals surface area (Å²) in [5.74, 6) is -2.99. The van der Waals surface area contributed by atoms with Gasteiger partial charge < -0.3 is 24.8 Å². The Morgan fingerprint density at radius 3 is 2.65 bits per heavy atom. The fourth-order valence-electron chi connectivity index (χ4n) is 8.38. The summed E-state index contributed by atoms with van der Waals surface area (Å²) in [6.07, 6.45) is -0.473. The molecule has 4 saturated carbocycles. The molecule has 6 heteroatoms. The van der Waals surface area contributed by atoms with Crippen LogP contribution in [0.1, 0.15) is 39.5 Å². The lowest BCUT2D eigenvalue weighted by Crippen LogP contribution is -2.91. The van der Waals surface area contributed by atoms with E-state index in [1.165, 1.54) is 0 Å². The van der Waals surface area contributed by atoms with Crippen molar-refractivity contribution >= 4 is 5.78 Å². The summed E-state index contributed by atoms with van der Waals surface area (Å²) in [6, 6.07) is 0. The van der Waals surface area contributed by atoms with Crippen molar-refractivity contribution in [2.75, 3.05) is 0 Å². The second-order valence-corrected chi connectivity index (χ2v) is 10.1. The van der Waals surface area contributed by atoms with Gasteiger partial charge in [-0.15, -0.1) is 0 Å². The molecule has 26 heavy (non-hydrogen) atoms. The van der Waals surface area contributed by atoms with Gasteiger partial charge in [0.25, 0.3) is 0 Å². The second-order valence-electron chi connectivity index (χ2n) is 10.1. The molecule has 0 aromatic heterocycles. The maximum Gasteiger partial charge on any atom is 0.211 e. The van der Waals surface area contributed by atoms with Gasteiger partial charge in [-0.1, -0.05) is 20.4 Å². The molecular weight excluding hydrogens is 336 g/mol. The third kappa shape index (κ3) is 1.19. The van der Waals surface area contributed by atoms with Gasteiger partial charge in [-0.2, -0.15) is 0 Å². The molecule has 4 heterocycles. The lowest BCUT2D eigenvalue weighted by Gasteiger charge is -2.79. The molecule has 3 N–H and O–H groups in total. The van der Waals surface area contributed by atoms with Crippen molar-refractivity contribution in [3.63, 3.8) is 0 Å². The first-order valence-corrected chi connectivity index (χ1v) is 9.80. The molecule has 8 rings (SSSR count). The lowest BCUT2D eigenvalue weighted by atomic mass is 9.34. The van der Waals surface area contributed by atoms with E-state index in [9.17, 15) is 20.1 Å². The number of aliphatic hydroxyl groups is 3. The van der Waals surface area contributed by atoms with Crippen LogP contribution in [0.5, 0.6) is 0 Å². The summed E-state index contributed by atoms with van der Waals surface area (Å²) in [5, 5.41) is 34.3. The van der Waals surface area contributed by atoms with Crippen molar-refractivity contribution < 1.29 is 29.6 Å². The molecule has 8 aliphatic rings. The number of hydrogen-bond acceptors (Lipinski definition) is 6. The van der Waals surface area contributed by atoms with Crippen LogP contribution in [-0.2, 0) is 14.3 Å². The van der Waals surface area contributed by atoms with E-state index in [0.29, 0.717) is 18.4 Å². The number of aliphatic hydroxyl groups excluding tert-OH is 2. The van der Waals surface area contributed by atoms with Crippen molar-refractivity contribution in [3.8, 4) is 0 Å². The normalized spacial score (nSPS) is 64.0. The Bertz CT molecular complexity index is 761. The summed E-state index contributed by atoms with van der Waals surface area (Å²) in [5.41, 5.74) is -2.03. The fraction of sp³-hybridized carbons (Fsp3) is 0.850. The highest BCUT2D eigenvalue weighted by Gasteiger charge is 2.92. The van der Waals surface area contributed by atoms with Crippen LogP contribution in [0.3, 0.4) is 0 Å². The third-order valence-corrected chi connectivity index (χ3v) is 9.14. The van der Waals surface area contributed by atoms with Gasteiger partial charge in [-0.05, 0) is 42.6 Å². The molecule has 10 atom stereocenters. The van der Waals surface area contributed by atoms with Gasteiger partial charge in [0.2, 0.25) is 5.79 Å². The van der Waals surface area contributed by atoms with Crippen LogP contribution in [0, 0.1) is 34.0 Å². The molecule has 0 aromatic rings. The highest BCUT2D eigenvalue weighted by molar-refractivity contribution is 6.05. The molecule has 142 valence electrons. The van der Waals surface area contributed by atoms with E-state index in [1.54, 1.807) is 0 Å². The minimum Gasteiger partial charge on any atom is -0.392 e. The Labute approximate surface area is 152 Å². The first kappa shape index (κ1) is 16.2. The van der Waals surface area contributed by atoms with Crippen molar-refractivity contribution in [1.82, 2.24) is 0 Å². The van der Waals surface area contributed by atoms with E-state index in [4.69, 9.17) is 9.47 Å². The van der Waals surface area contributed by atoms with Crippen LogP contribution in [-0.4, -0.2) is 51.5 Å². The SMILES string of the molecule is C=C1C(=O)[C@@]23[C@@H]4OC5O[C@@]2(O)[C@@H](O)[C@@H]2C(C)(C)CC[C@H](O)[C@]52[C@H]3CC[C@@H]14. The topological polar surface area (TPSA) is 96.2 Å². The number of Topliss-reactive ketones (excluding diaryl/α,β-unsaturated/α-hetero) is 1. The average molecular weight is 362 g/mol. The zero-order valence-electron chi connectivity index (χ0n) is 15.1. The molecule has 7 bridgehead atoms. The van der Waals surface area contributed by atoms with Gasteiger partial charge in [-0.3, -0.25) is 4.79 Å². The number of hydrogen-bond donors (Lipinski definition) is 3. The molecule has 1 unspecified atom stereocenters. The summed E-state index contributed by atoms with van der Waals surface area (Å²) in [7, 11) is 0. The van der Waals surface area contributed by atoms with Gasteiger partial charge in [-0.25, -0.2) is 0 Å². The van der Waals surface area contributed by atoms with Crippen LogP contribution < -0.4 is 0 Å². The van der Waals surface area contributed by atoms with Crippen LogP contribution >= 0.6 is 0 Å². The molecular formula is C20H26O6. The predicted octanol–water partition coefficient (Wildman–Crippen LogP) is 0.740. The lowest BCUT2D eigenvalue weighted by molar-refractivity contribution is -0.556. The van der Waals surface area contributed by atoms with Crippen molar-refractivity contribution in [1.29, 1.82) is 0 Å². The van der Waals surface area contributed by atoms with Crippen LogP contribution in [0.4, 0.5) is 0 Å². The maximum absolute atomic E-state index is 13.4. The van der Waals surface area contributed by atoms with E-state index >= 15 is 0 Å². The molecule has 0 amide bonds. The Hall–Kier alpha value is -0.790. The van der Waals surface area contributed by atoms with E-state index in [1.807, 2.05) is 0 Å². The number of carbonyl (C=O) groups is 1. The Morgan fingerprint density at radius 1 is 1.19 bits per heavy atom. The molecule has 0 aromatic carbocycles. The van der Waals surface area contributed by atoms with Crippen molar-refractivity contribution in [2.45, 2.75) is 69.9 Å². The fourth-order valence-corrected chi connectivity index (χ4v) is 8.38. The molecule has 6 nitrogen and oxygen atoms in total. The maximum atomic E-state index is 13.4. The van der Waals surface area contributed by atoms with Crippen LogP contribution in [0.15, 0.2) is 12.2 Å². The molecule has 2 spiro atoms. The van der Waals surface area contributed by atoms with E-state index < -0.39 is 47.1 Å². The first-order valence-electron chi connectivity index (χ1n) is 9.80. The molecule has 4 aliphatic heterocycles. The van der Waals surface area contributed by atoms with Gasteiger partial charge in [0.1, 0.15) is 11.5 Å². The predicted molar refractivity (Wildman–Crippen MR) is 88.4 cm³/mol. The minimum absolute atomic E-state index is 0.133. The monoisotopic (exact) mass is 362 g/mol. The summed E-state index contributed by atoms with van der Waals surface area (Å²) in [6.45, 7) is 8.14. The van der Waals surface area contributed by atoms with E-state index in [-0.39, 0.29) is 23.0 Å². The largest absolute Gasteiger partial charge is 0.392 e. The quantitative estimate of drug-likeness (QED) is 0.550. The van der Waals surface area contributed by atoms with Crippen molar-refractivity contribution in [2.24, 2.45) is 34.0 Å². The van der Waals surface area contributed by atoms with Crippen LogP contribution in [0.2, 0.25) is 0 Å². The molecule has 4 saturated heterocycles. The zero-order chi connectivity index (χ0) is 18.4. The number of carbonyl (C=O) groups excluding carboxylic acids is 1. The second kappa shape index (κ2) is 4.13. The van der Waals surface area contributed by atoms with Crippen LogP contribution in [0.25, 0.3) is 0 Å². The summed E-state index contributed by atoms with van der Waals surface area (Å²) in [4.78, 5) is 13.4. The molecule has 0 radical (unpaired) electrons. The highest BCUT2D eigenvalue weighted by atomic mass is 16.8. The zero-order valence-corrected chi connectivity index (χ0v) is 15.1. The van der Waals surface area contributed by atoms with E-state index in [0.717, 1.165) is 12.8 Å². The number of ether oxygens (including phenoxy) is 2.